The highest BCUT2D eigenvalue weighted by atomic mass is 32.2. The zero-order valence-electron chi connectivity index (χ0n) is 17.5. The summed E-state index contributed by atoms with van der Waals surface area (Å²) in [6.45, 7) is 0.264. The molecule has 8 heteroatoms. The molecule has 1 aromatic heterocycles. The van der Waals surface area contributed by atoms with Crippen LogP contribution in [0, 0.1) is 17.2 Å². The van der Waals surface area contributed by atoms with Crippen molar-refractivity contribution in [3.05, 3.63) is 53.9 Å². The van der Waals surface area contributed by atoms with Crippen LogP contribution in [0.25, 0.3) is 11.0 Å². The normalized spacial score (nSPS) is 15.0. The largest absolute Gasteiger partial charge is 0.486 e. The lowest BCUT2D eigenvalue weighted by Crippen LogP contribution is -2.24. The van der Waals surface area contributed by atoms with Gasteiger partial charge in [-0.1, -0.05) is 19.3 Å². The molecule has 0 unspecified atom stereocenters. The monoisotopic (exact) mass is 438 g/mol. The fourth-order valence-corrected chi connectivity index (χ4v) is 5.62. The van der Waals surface area contributed by atoms with E-state index < -0.39 is 10.0 Å². The van der Waals surface area contributed by atoms with Crippen molar-refractivity contribution in [1.82, 2.24) is 9.55 Å². The van der Waals surface area contributed by atoms with Crippen molar-refractivity contribution in [2.75, 3.05) is 10.5 Å². The Morgan fingerprint density at radius 1 is 1.16 bits per heavy atom. The lowest BCUT2D eigenvalue weighted by Gasteiger charge is -2.21. The van der Waals surface area contributed by atoms with Gasteiger partial charge in [0.15, 0.2) is 0 Å². The summed E-state index contributed by atoms with van der Waals surface area (Å²) in [5, 5.41) is 8.88. The molecule has 1 aliphatic rings. The topological polar surface area (TPSA) is 97.0 Å². The Bertz CT molecular complexity index is 1200. The van der Waals surface area contributed by atoms with Crippen LogP contribution >= 0.6 is 0 Å². The molecular weight excluding hydrogens is 412 g/mol. The van der Waals surface area contributed by atoms with Gasteiger partial charge in [-0.2, -0.15) is 5.26 Å². The number of nitrogens with zero attached hydrogens (tertiary/aromatic N) is 3. The van der Waals surface area contributed by atoms with E-state index in [1.807, 2.05) is 17.7 Å². The van der Waals surface area contributed by atoms with E-state index in [0.717, 1.165) is 37.0 Å². The van der Waals surface area contributed by atoms with E-state index in [9.17, 15) is 8.42 Å². The van der Waals surface area contributed by atoms with Crippen LogP contribution in [0.3, 0.4) is 0 Å². The van der Waals surface area contributed by atoms with E-state index in [4.69, 9.17) is 10.00 Å². The number of anilines is 1. The number of sulfonamides is 1. The zero-order valence-corrected chi connectivity index (χ0v) is 18.4. The quantitative estimate of drug-likeness (QED) is 0.592. The Hall–Kier alpha value is -3.05. The molecule has 1 N–H and O–H groups in total. The van der Waals surface area contributed by atoms with Gasteiger partial charge in [0, 0.05) is 7.05 Å². The van der Waals surface area contributed by atoms with Gasteiger partial charge in [-0.3, -0.25) is 4.72 Å². The van der Waals surface area contributed by atoms with Gasteiger partial charge in [-0.05, 0) is 61.2 Å². The summed E-state index contributed by atoms with van der Waals surface area (Å²) in [6.07, 6.45) is 5.42. The van der Waals surface area contributed by atoms with Crippen LogP contribution in [0.15, 0.2) is 42.5 Å². The summed E-state index contributed by atoms with van der Waals surface area (Å²) in [4.78, 5) is 4.62. The van der Waals surface area contributed by atoms with Crippen LogP contribution in [0.4, 0.5) is 5.69 Å². The van der Waals surface area contributed by atoms with Crippen LogP contribution in [-0.4, -0.2) is 23.7 Å². The number of aromatic nitrogens is 2. The smallest absolute Gasteiger partial charge is 0.232 e. The van der Waals surface area contributed by atoms with Gasteiger partial charge in [-0.15, -0.1) is 0 Å². The first-order valence-corrected chi connectivity index (χ1v) is 12.2. The second kappa shape index (κ2) is 8.98. The molecule has 3 aromatic rings. The predicted molar refractivity (Wildman–Crippen MR) is 120 cm³/mol. The van der Waals surface area contributed by atoms with E-state index in [1.165, 1.54) is 6.42 Å². The summed E-state index contributed by atoms with van der Waals surface area (Å²) in [5.41, 5.74) is 2.71. The third-order valence-electron chi connectivity index (χ3n) is 5.78. The van der Waals surface area contributed by atoms with E-state index in [1.54, 1.807) is 36.4 Å². The van der Waals surface area contributed by atoms with Gasteiger partial charge < -0.3 is 9.30 Å². The first-order valence-electron chi connectivity index (χ1n) is 10.5. The molecule has 7 nitrogen and oxygen atoms in total. The number of fused-ring (bicyclic) bond motifs is 1. The van der Waals surface area contributed by atoms with Gasteiger partial charge in [0.05, 0.1) is 34.1 Å². The third-order valence-corrected chi connectivity index (χ3v) is 7.23. The number of hydrogen-bond donors (Lipinski definition) is 1. The predicted octanol–water partition coefficient (Wildman–Crippen LogP) is 4.35. The fourth-order valence-electron chi connectivity index (χ4n) is 4.10. The van der Waals surface area contributed by atoms with Crippen LogP contribution in [0.1, 0.15) is 43.5 Å². The molecule has 31 heavy (non-hydrogen) atoms. The van der Waals surface area contributed by atoms with Crippen molar-refractivity contribution in [1.29, 1.82) is 5.26 Å². The highest BCUT2D eigenvalue weighted by molar-refractivity contribution is 7.92. The summed E-state index contributed by atoms with van der Waals surface area (Å²) in [7, 11) is -1.49. The lowest BCUT2D eigenvalue weighted by molar-refractivity contribution is 0.292. The molecule has 2 aromatic carbocycles. The maximum atomic E-state index is 12.6. The number of benzene rings is 2. The molecule has 0 spiro atoms. The SMILES string of the molecule is Cn1c(COc2ccc(C#N)cc2)nc2cc(NS(=O)(=O)CC3CCCCC3)ccc21. The van der Waals surface area contributed by atoms with Crippen molar-refractivity contribution in [3.63, 3.8) is 0 Å². The molecule has 0 amide bonds. The number of rotatable bonds is 7. The maximum absolute atomic E-state index is 12.6. The molecule has 0 aliphatic heterocycles. The number of nitrogens with one attached hydrogen (secondary N) is 1. The number of aryl methyl sites for hydroxylation is 1. The minimum atomic E-state index is -3.39. The Kier molecular flexibility index (Phi) is 6.14. The molecule has 1 saturated carbocycles. The molecular formula is C23H26N4O3S. The van der Waals surface area contributed by atoms with E-state index in [2.05, 4.69) is 15.8 Å². The van der Waals surface area contributed by atoms with Crippen molar-refractivity contribution < 1.29 is 13.2 Å². The second-order valence-electron chi connectivity index (χ2n) is 8.10. The van der Waals surface area contributed by atoms with E-state index in [-0.39, 0.29) is 18.3 Å². The van der Waals surface area contributed by atoms with Crippen molar-refractivity contribution >= 4 is 26.7 Å². The van der Waals surface area contributed by atoms with Gasteiger partial charge in [0.2, 0.25) is 10.0 Å². The number of nitriles is 1. The molecule has 0 radical (unpaired) electrons. The van der Waals surface area contributed by atoms with Crippen LogP contribution in [0.5, 0.6) is 5.75 Å². The number of hydrogen-bond acceptors (Lipinski definition) is 5. The average Bonchev–Trinajstić information content (AvgIpc) is 3.07. The fraction of sp³-hybridized carbons (Fsp3) is 0.391. The van der Waals surface area contributed by atoms with Gasteiger partial charge >= 0.3 is 0 Å². The Balaban J connectivity index is 1.45. The standard InChI is InChI=1S/C23H26N4O3S/c1-27-22-12-9-19(26-31(28,29)16-18-5-3-2-4-6-18)13-21(22)25-23(27)15-30-20-10-7-17(14-24)8-11-20/h7-13,18,26H,2-6,15-16H2,1H3. The molecule has 1 aliphatic carbocycles. The lowest BCUT2D eigenvalue weighted by atomic mass is 9.91. The summed E-state index contributed by atoms with van der Waals surface area (Å²) in [6, 6.07) is 14.4. The molecule has 0 atom stereocenters. The average molecular weight is 439 g/mol. The molecule has 0 bridgehead atoms. The van der Waals surface area contributed by atoms with Crippen LogP contribution < -0.4 is 9.46 Å². The van der Waals surface area contributed by atoms with E-state index >= 15 is 0 Å². The van der Waals surface area contributed by atoms with Crippen molar-refractivity contribution in [3.8, 4) is 11.8 Å². The Labute approximate surface area is 182 Å². The van der Waals surface area contributed by atoms with Gasteiger partial charge in [0.25, 0.3) is 0 Å². The highest BCUT2D eigenvalue weighted by Gasteiger charge is 2.21. The summed E-state index contributed by atoms with van der Waals surface area (Å²) in [5.74, 6) is 1.80. The second-order valence-corrected chi connectivity index (χ2v) is 9.87. The first kappa shape index (κ1) is 21.2. The maximum Gasteiger partial charge on any atom is 0.232 e. The van der Waals surface area contributed by atoms with Gasteiger partial charge in [-0.25, -0.2) is 13.4 Å². The molecule has 4 rings (SSSR count). The van der Waals surface area contributed by atoms with Crippen LogP contribution in [0.2, 0.25) is 0 Å². The summed E-state index contributed by atoms with van der Waals surface area (Å²) < 4.78 is 35.7. The number of imidazole rings is 1. The zero-order chi connectivity index (χ0) is 21.8. The van der Waals surface area contributed by atoms with E-state index in [0.29, 0.717) is 22.5 Å². The minimum absolute atomic E-state index is 0.178. The highest BCUT2D eigenvalue weighted by Crippen LogP contribution is 2.26. The third kappa shape index (κ3) is 5.17. The molecule has 162 valence electrons. The van der Waals surface area contributed by atoms with Gasteiger partial charge in [0.1, 0.15) is 18.2 Å². The molecule has 0 saturated heterocycles. The minimum Gasteiger partial charge on any atom is -0.486 e. The molecule has 1 heterocycles. The van der Waals surface area contributed by atoms with Crippen molar-refractivity contribution in [2.24, 2.45) is 13.0 Å². The van der Waals surface area contributed by atoms with Crippen LogP contribution in [-0.2, 0) is 23.7 Å². The Morgan fingerprint density at radius 2 is 1.90 bits per heavy atom. The van der Waals surface area contributed by atoms with Crippen molar-refractivity contribution in [2.45, 2.75) is 38.7 Å². The summed E-state index contributed by atoms with van der Waals surface area (Å²) >= 11 is 0. The molecule has 1 fully saturated rings. The first-order chi connectivity index (χ1) is 14.9. The number of ether oxygens (including phenoxy) is 1. The Morgan fingerprint density at radius 3 is 2.61 bits per heavy atom.